The fraction of sp³-hybridized carbons (Fsp3) is 0.933. The lowest BCUT2D eigenvalue weighted by Crippen LogP contribution is -2.43. The molecule has 0 bridgehead atoms. The number of ether oxygens (including phenoxy) is 2. The molecule has 0 unspecified atom stereocenters. The second-order valence-corrected chi connectivity index (χ2v) is 7.20. The summed E-state index contributed by atoms with van der Waals surface area (Å²) in [5.41, 5.74) is -0.232. The molecule has 0 rings (SSSR count). The van der Waals surface area contributed by atoms with Crippen molar-refractivity contribution in [1.29, 1.82) is 0 Å². The Labute approximate surface area is 124 Å². The van der Waals surface area contributed by atoms with Gasteiger partial charge in [-0.2, -0.15) is 0 Å². The van der Waals surface area contributed by atoms with Crippen LogP contribution in [0, 0.1) is 5.41 Å². The summed E-state index contributed by atoms with van der Waals surface area (Å²) in [6.07, 6.45) is -0.285. The van der Waals surface area contributed by atoms with Gasteiger partial charge in [-0.15, -0.1) is 0 Å². The quantitative estimate of drug-likeness (QED) is 0.731. The molecule has 5 nitrogen and oxygen atoms in total. The van der Waals surface area contributed by atoms with Crippen LogP contribution in [0.25, 0.3) is 0 Å². The Morgan fingerprint density at radius 1 is 1.10 bits per heavy atom. The molecular formula is C15H32N2O3. The summed E-state index contributed by atoms with van der Waals surface area (Å²) in [7, 11) is 1.63. The molecular weight excluding hydrogens is 256 g/mol. The predicted molar refractivity (Wildman–Crippen MR) is 82.0 cm³/mol. The molecule has 0 aromatic carbocycles. The number of carbonyl (C=O) groups excluding carboxylic acids is 1. The Hall–Kier alpha value is -0.810. The zero-order valence-electron chi connectivity index (χ0n) is 14.2. The number of nitrogens with zero attached hydrogens (tertiary/aromatic N) is 1. The topological polar surface area (TPSA) is 50.8 Å². The van der Waals surface area contributed by atoms with Crippen molar-refractivity contribution in [2.75, 3.05) is 39.9 Å². The fourth-order valence-corrected chi connectivity index (χ4v) is 1.50. The summed E-state index contributed by atoms with van der Waals surface area (Å²) in [6, 6.07) is 0. The number of hydrogen-bond acceptors (Lipinski definition) is 4. The Morgan fingerprint density at radius 2 is 1.70 bits per heavy atom. The lowest BCUT2D eigenvalue weighted by Gasteiger charge is -2.28. The van der Waals surface area contributed by atoms with Crippen LogP contribution in [0.3, 0.4) is 0 Å². The Kier molecular flexibility index (Phi) is 8.13. The van der Waals surface area contributed by atoms with Crippen LogP contribution in [0.15, 0.2) is 0 Å². The van der Waals surface area contributed by atoms with E-state index in [4.69, 9.17) is 9.47 Å². The lowest BCUT2D eigenvalue weighted by molar-refractivity contribution is 0.0203. The van der Waals surface area contributed by atoms with Gasteiger partial charge in [-0.3, -0.25) is 0 Å². The van der Waals surface area contributed by atoms with E-state index in [0.29, 0.717) is 19.7 Å². The van der Waals surface area contributed by atoms with Crippen molar-refractivity contribution in [2.24, 2.45) is 5.41 Å². The van der Waals surface area contributed by atoms with Gasteiger partial charge in [0.25, 0.3) is 0 Å². The van der Waals surface area contributed by atoms with E-state index in [1.165, 1.54) is 0 Å². The van der Waals surface area contributed by atoms with Crippen LogP contribution in [-0.2, 0) is 9.47 Å². The average Bonchev–Trinajstić information content (AvgIpc) is 2.24. The summed E-state index contributed by atoms with van der Waals surface area (Å²) in [4.78, 5) is 13.8. The van der Waals surface area contributed by atoms with E-state index in [-0.39, 0.29) is 11.5 Å². The summed E-state index contributed by atoms with van der Waals surface area (Å²) in [5.74, 6) is 0. The number of carbonyl (C=O) groups is 1. The van der Waals surface area contributed by atoms with Crippen molar-refractivity contribution in [3.8, 4) is 0 Å². The Balaban J connectivity index is 4.24. The van der Waals surface area contributed by atoms with Gasteiger partial charge in [0.05, 0.1) is 6.61 Å². The van der Waals surface area contributed by atoms with Gasteiger partial charge in [0.2, 0.25) is 0 Å². The molecule has 0 aliphatic rings. The van der Waals surface area contributed by atoms with E-state index in [2.05, 4.69) is 26.1 Å². The highest BCUT2D eigenvalue weighted by Crippen LogP contribution is 2.11. The monoisotopic (exact) mass is 288 g/mol. The summed E-state index contributed by atoms with van der Waals surface area (Å²) in [6.45, 7) is 15.5. The summed E-state index contributed by atoms with van der Waals surface area (Å²) in [5, 5.41) is 3.36. The number of amides is 1. The molecule has 0 heterocycles. The van der Waals surface area contributed by atoms with E-state index in [1.54, 1.807) is 12.0 Å². The van der Waals surface area contributed by atoms with Crippen LogP contribution in [0.1, 0.15) is 41.5 Å². The Morgan fingerprint density at radius 3 is 2.15 bits per heavy atom. The van der Waals surface area contributed by atoms with Crippen molar-refractivity contribution in [3.63, 3.8) is 0 Å². The lowest BCUT2D eigenvalue weighted by atomic mass is 9.97. The molecule has 1 N–H and O–H groups in total. The normalized spacial score (nSPS) is 12.3. The minimum absolute atomic E-state index is 0.239. The second kappa shape index (κ2) is 8.47. The minimum Gasteiger partial charge on any atom is -0.444 e. The molecule has 1 amide bonds. The van der Waals surface area contributed by atoms with Gasteiger partial charge in [0.1, 0.15) is 5.60 Å². The highest BCUT2D eigenvalue weighted by molar-refractivity contribution is 5.68. The van der Waals surface area contributed by atoms with Gasteiger partial charge >= 0.3 is 6.09 Å². The first-order chi connectivity index (χ1) is 9.05. The van der Waals surface area contributed by atoms with Crippen molar-refractivity contribution in [1.82, 2.24) is 10.2 Å². The maximum Gasteiger partial charge on any atom is 0.410 e. The highest BCUT2D eigenvalue weighted by atomic mass is 16.6. The number of nitrogens with one attached hydrogen (secondary N) is 1. The molecule has 0 atom stereocenters. The van der Waals surface area contributed by atoms with Gasteiger partial charge in [-0.1, -0.05) is 20.8 Å². The largest absolute Gasteiger partial charge is 0.444 e. The first-order valence-electron chi connectivity index (χ1n) is 7.23. The van der Waals surface area contributed by atoms with E-state index < -0.39 is 5.60 Å². The zero-order chi connectivity index (χ0) is 15.8. The number of hydrogen-bond donors (Lipinski definition) is 1. The molecule has 0 aliphatic heterocycles. The van der Waals surface area contributed by atoms with Crippen LogP contribution in [0.5, 0.6) is 0 Å². The van der Waals surface area contributed by atoms with Crippen LogP contribution < -0.4 is 5.32 Å². The third-order valence-electron chi connectivity index (χ3n) is 2.43. The Bertz CT molecular complexity index is 280. The van der Waals surface area contributed by atoms with Crippen LogP contribution >= 0.6 is 0 Å². The van der Waals surface area contributed by atoms with Gasteiger partial charge in [-0.05, 0) is 26.2 Å². The summed E-state index contributed by atoms with van der Waals surface area (Å²) >= 11 is 0. The maximum absolute atomic E-state index is 12.1. The van der Waals surface area contributed by atoms with Gasteiger partial charge < -0.3 is 19.7 Å². The van der Waals surface area contributed by atoms with Gasteiger partial charge in [0, 0.05) is 33.3 Å². The summed E-state index contributed by atoms with van der Waals surface area (Å²) < 4.78 is 10.4. The van der Waals surface area contributed by atoms with Crippen LogP contribution in [-0.4, -0.2) is 56.5 Å². The highest BCUT2D eigenvalue weighted by Gasteiger charge is 2.21. The molecule has 0 aromatic rings. The first kappa shape index (κ1) is 19.2. The van der Waals surface area contributed by atoms with E-state index >= 15 is 0 Å². The number of rotatable bonds is 7. The number of methoxy groups -OCH3 is 1. The van der Waals surface area contributed by atoms with E-state index in [0.717, 1.165) is 13.1 Å². The molecule has 0 aliphatic carbocycles. The van der Waals surface area contributed by atoms with Gasteiger partial charge in [0.15, 0.2) is 0 Å². The van der Waals surface area contributed by atoms with E-state index in [9.17, 15) is 4.79 Å². The molecule has 0 spiro atoms. The minimum atomic E-state index is -0.471. The van der Waals surface area contributed by atoms with Crippen LogP contribution in [0.2, 0.25) is 0 Å². The molecule has 20 heavy (non-hydrogen) atoms. The van der Waals surface area contributed by atoms with Crippen molar-refractivity contribution >= 4 is 6.09 Å². The standard InChI is InChI=1S/C15H32N2O3/c1-14(2,3)12-16-8-9-17(10-11-19-7)13(18)20-15(4,5)6/h16H,8-12H2,1-7H3. The predicted octanol–water partition coefficient (Wildman–Crippen LogP) is 2.51. The third kappa shape index (κ3) is 11.1. The molecule has 0 radical (unpaired) electrons. The zero-order valence-corrected chi connectivity index (χ0v) is 14.2. The molecule has 0 saturated heterocycles. The molecule has 0 aromatic heterocycles. The maximum atomic E-state index is 12.1. The first-order valence-corrected chi connectivity index (χ1v) is 7.23. The van der Waals surface area contributed by atoms with Gasteiger partial charge in [-0.25, -0.2) is 4.79 Å². The van der Waals surface area contributed by atoms with Crippen LogP contribution in [0.4, 0.5) is 4.79 Å². The van der Waals surface area contributed by atoms with E-state index in [1.807, 2.05) is 20.8 Å². The fourth-order valence-electron chi connectivity index (χ4n) is 1.50. The van der Waals surface area contributed by atoms with Crippen molar-refractivity contribution in [2.45, 2.75) is 47.1 Å². The average molecular weight is 288 g/mol. The second-order valence-electron chi connectivity index (χ2n) is 7.20. The van der Waals surface area contributed by atoms with Crippen molar-refractivity contribution in [3.05, 3.63) is 0 Å². The third-order valence-corrected chi connectivity index (χ3v) is 2.43. The smallest absolute Gasteiger partial charge is 0.410 e. The molecule has 5 heteroatoms. The molecule has 0 fully saturated rings. The molecule has 0 saturated carbocycles. The SMILES string of the molecule is COCCN(CCNCC(C)(C)C)C(=O)OC(C)(C)C. The molecule has 120 valence electrons. The van der Waals surface area contributed by atoms with Crippen molar-refractivity contribution < 1.29 is 14.3 Å².